The van der Waals surface area contributed by atoms with Gasteiger partial charge in [0.25, 0.3) is 0 Å². The predicted molar refractivity (Wildman–Crippen MR) is 196 cm³/mol. The van der Waals surface area contributed by atoms with E-state index in [1.165, 1.54) is 0 Å². The molecule has 52 heavy (non-hydrogen) atoms. The highest BCUT2D eigenvalue weighted by Crippen LogP contribution is 2.43. The van der Waals surface area contributed by atoms with E-state index in [4.69, 9.17) is 28.4 Å². The molecule has 3 aliphatic heterocycles. The minimum atomic E-state index is -1.31. The first-order valence-corrected chi connectivity index (χ1v) is 18.8. The lowest BCUT2D eigenvalue weighted by atomic mass is 9.74. The number of carbonyl (C=O) groups is 3. The zero-order valence-electron chi connectivity index (χ0n) is 33.0. The van der Waals surface area contributed by atoms with E-state index >= 15 is 0 Å². The van der Waals surface area contributed by atoms with Crippen molar-refractivity contribution in [2.75, 3.05) is 34.4 Å². The summed E-state index contributed by atoms with van der Waals surface area (Å²) in [5.74, 6) is -1.61. The van der Waals surface area contributed by atoms with Crippen LogP contribution in [0.25, 0.3) is 0 Å². The van der Waals surface area contributed by atoms with E-state index in [1.54, 1.807) is 31.9 Å². The largest absolute Gasteiger partial charge is 0.494 e. The van der Waals surface area contributed by atoms with E-state index in [-0.39, 0.29) is 30.9 Å². The Kier molecular flexibility index (Phi) is 14.0. The molecule has 1 amide bonds. The molecule has 0 spiro atoms. The number of likely N-dealkylation sites (N-methyl/N-ethyl adjacent to an activating group) is 1. The Balaban J connectivity index is 1.70. The van der Waals surface area contributed by atoms with Crippen LogP contribution in [0.5, 0.6) is 5.75 Å². The smallest absolute Gasteiger partial charge is 0.410 e. The van der Waals surface area contributed by atoms with Crippen molar-refractivity contribution in [3.63, 3.8) is 0 Å². The maximum Gasteiger partial charge on any atom is 0.410 e. The molecule has 4 rings (SSSR count). The van der Waals surface area contributed by atoms with E-state index in [1.807, 2.05) is 90.9 Å². The van der Waals surface area contributed by atoms with Crippen LogP contribution in [-0.4, -0.2) is 121 Å². The van der Waals surface area contributed by atoms with Crippen LogP contribution < -0.4 is 4.74 Å². The van der Waals surface area contributed by atoms with Crippen LogP contribution in [0.3, 0.4) is 0 Å². The van der Waals surface area contributed by atoms with Crippen molar-refractivity contribution in [2.45, 2.75) is 135 Å². The number of amides is 1. The fourth-order valence-electron chi connectivity index (χ4n) is 8.55. The van der Waals surface area contributed by atoms with Crippen LogP contribution in [0.1, 0.15) is 81.1 Å². The standard InChI is InChI=1S/C40H62N2O10/c1-12-31-40(8)34(42(38(46)52-40)19-16-20-48-29-17-14-13-15-18-29)28(6)32(43)26(4)23-39(7,47-11)35(24(2)21-25(3)36(45)50-31)51-37-33(44)30(41(9)10)22-27(5)49-37/h13-15,17-18,21,24,26-28,30-31,33-35,37,44H,12,16,19-20,22-23H2,1-11H3/b25-21+/t24-,26+,27+,28-,30-,31?,33+,34+,35+,37-,39+,40+/m0/s1. The van der Waals surface area contributed by atoms with Crippen molar-refractivity contribution in [3.8, 4) is 5.75 Å². The zero-order valence-corrected chi connectivity index (χ0v) is 33.0. The predicted octanol–water partition coefficient (Wildman–Crippen LogP) is 5.40. The SMILES string of the molecule is CCC1OC(=O)/C(C)=C/[C@H](C)[C@@H](O[C@@H]2O[C@H](C)C[C@H](N(C)C)[C@H]2O)[C@](C)(OC)C[C@@H](C)C(=O)[C@H](C)[C@H]2N(CCCOc3ccccc3)C(=O)O[C@]12C. The van der Waals surface area contributed by atoms with E-state index in [2.05, 4.69) is 0 Å². The Bertz CT molecular complexity index is 1410. The van der Waals surface area contributed by atoms with Gasteiger partial charge in [0.05, 0.1) is 30.5 Å². The highest BCUT2D eigenvalue weighted by molar-refractivity contribution is 5.88. The van der Waals surface area contributed by atoms with Gasteiger partial charge in [0.1, 0.15) is 23.7 Å². The molecule has 1 unspecified atom stereocenters. The second-order valence-electron chi connectivity index (χ2n) is 15.7. The number of cyclic esters (lactones) is 1. The summed E-state index contributed by atoms with van der Waals surface area (Å²) in [5, 5.41) is 11.4. The number of hydrogen-bond donors (Lipinski definition) is 1. The topological polar surface area (TPSA) is 133 Å². The van der Waals surface area contributed by atoms with Crippen LogP contribution in [0, 0.1) is 17.8 Å². The van der Waals surface area contributed by atoms with E-state index in [9.17, 15) is 19.5 Å². The number of aliphatic hydroxyl groups is 1. The number of esters is 1. The average molecular weight is 731 g/mol. The summed E-state index contributed by atoms with van der Waals surface area (Å²) < 4.78 is 37.3. The lowest BCUT2D eigenvalue weighted by Crippen LogP contribution is -2.59. The molecule has 2 fully saturated rings. The van der Waals surface area contributed by atoms with E-state index in [0.717, 1.165) is 5.75 Å². The number of fused-ring (bicyclic) bond motifs is 1. The minimum Gasteiger partial charge on any atom is -0.494 e. The Morgan fingerprint density at radius 2 is 1.73 bits per heavy atom. The number of ether oxygens (including phenoxy) is 6. The molecule has 0 bridgehead atoms. The van der Waals surface area contributed by atoms with Gasteiger partial charge >= 0.3 is 12.1 Å². The molecule has 1 N–H and O–H groups in total. The number of para-hydroxylation sites is 1. The van der Waals surface area contributed by atoms with Crippen LogP contribution in [0.15, 0.2) is 42.0 Å². The summed E-state index contributed by atoms with van der Waals surface area (Å²) in [5.41, 5.74) is -2.03. The maximum atomic E-state index is 14.6. The number of nitrogens with zero attached hydrogens (tertiary/aromatic N) is 2. The van der Waals surface area contributed by atoms with Gasteiger partial charge in [-0.15, -0.1) is 0 Å². The van der Waals surface area contributed by atoms with Gasteiger partial charge in [0, 0.05) is 43.0 Å². The molecule has 0 saturated carbocycles. The van der Waals surface area contributed by atoms with Crippen LogP contribution >= 0.6 is 0 Å². The number of hydrogen-bond acceptors (Lipinski definition) is 11. The normalized spacial score (nSPS) is 38.9. The summed E-state index contributed by atoms with van der Waals surface area (Å²) in [6.07, 6.45) is -0.738. The zero-order chi connectivity index (χ0) is 38.5. The third-order valence-corrected chi connectivity index (χ3v) is 11.3. The molecule has 3 aliphatic rings. The first-order valence-electron chi connectivity index (χ1n) is 18.8. The van der Waals surface area contributed by atoms with E-state index < -0.39 is 71.7 Å². The van der Waals surface area contributed by atoms with Gasteiger partial charge in [-0.25, -0.2) is 9.59 Å². The molecule has 12 heteroatoms. The number of carbonyl (C=O) groups excluding carboxylic acids is 3. The highest BCUT2D eigenvalue weighted by atomic mass is 16.7. The Labute approximate surface area is 310 Å². The van der Waals surface area contributed by atoms with Crippen LogP contribution in [-0.2, 0) is 33.3 Å². The first-order chi connectivity index (χ1) is 24.5. The van der Waals surface area contributed by atoms with Crippen molar-refractivity contribution in [2.24, 2.45) is 17.8 Å². The monoisotopic (exact) mass is 730 g/mol. The molecule has 3 heterocycles. The van der Waals surface area contributed by atoms with Crippen molar-refractivity contribution >= 4 is 17.8 Å². The van der Waals surface area contributed by atoms with Crippen molar-refractivity contribution in [1.29, 1.82) is 0 Å². The number of benzene rings is 1. The summed E-state index contributed by atoms with van der Waals surface area (Å²) >= 11 is 0. The number of rotatable bonds is 10. The summed E-state index contributed by atoms with van der Waals surface area (Å²) in [6, 6.07) is 8.50. The Hall–Kier alpha value is -3.03. The molecule has 292 valence electrons. The number of ketones is 1. The Morgan fingerprint density at radius 3 is 2.35 bits per heavy atom. The highest BCUT2D eigenvalue weighted by Gasteiger charge is 2.60. The summed E-state index contributed by atoms with van der Waals surface area (Å²) in [4.78, 5) is 45.6. The number of methoxy groups -OCH3 is 1. The van der Waals surface area contributed by atoms with E-state index in [0.29, 0.717) is 31.4 Å². The van der Waals surface area contributed by atoms with Gasteiger partial charge < -0.3 is 43.3 Å². The molecule has 0 radical (unpaired) electrons. The lowest BCUT2D eigenvalue weighted by molar-refractivity contribution is -0.294. The molecule has 1 aromatic rings. The van der Waals surface area contributed by atoms with Gasteiger partial charge in [-0.3, -0.25) is 4.79 Å². The average Bonchev–Trinajstić information content (AvgIpc) is 3.36. The fourth-order valence-corrected chi connectivity index (χ4v) is 8.55. The molecule has 2 saturated heterocycles. The van der Waals surface area contributed by atoms with Gasteiger partial charge in [-0.05, 0) is 79.6 Å². The molecule has 12 atom stereocenters. The maximum absolute atomic E-state index is 14.6. The minimum absolute atomic E-state index is 0.0880. The molecular weight excluding hydrogens is 668 g/mol. The number of Topliss-reactive ketones (excluding diaryl/α,β-unsaturated/α-hetero) is 1. The molecule has 0 aromatic heterocycles. The lowest BCUT2D eigenvalue weighted by Gasteiger charge is -2.47. The van der Waals surface area contributed by atoms with Gasteiger partial charge in [0.2, 0.25) is 0 Å². The second-order valence-corrected chi connectivity index (χ2v) is 15.7. The molecule has 0 aliphatic carbocycles. The first kappa shape index (κ1) is 41.7. The van der Waals surface area contributed by atoms with Crippen molar-refractivity contribution < 1.29 is 47.9 Å². The second kappa shape index (κ2) is 17.4. The Morgan fingerprint density at radius 1 is 1.06 bits per heavy atom. The van der Waals surface area contributed by atoms with Crippen molar-refractivity contribution in [1.82, 2.24) is 9.80 Å². The molecule has 1 aromatic carbocycles. The number of aliphatic hydroxyl groups excluding tert-OH is 1. The summed E-state index contributed by atoms with van der Waals surface area (Å²) in [6.45, 7) is 15.4. The van der Waals surface area contributed by atoms with Crippen LogP contribution in [0.4, 0.5) is 4.79 Å². The molecule has 12 nitrogen and oxygen atoms in total. The summed E-state index contributed by atoms with van der Waals surface area (Å²) in [7, 11) is 5.40. The van der Waals surface area contributed by atoms with Crippen molar-refractivity contribution in [3.05, 3.63) is 42.0 Å². The van der Waals surface area contributed by atoms with Gasteiger partial charge in [0.15, 0.2) is 11.9 Å². The van der Waals surface area contributed by atoms with Gasteiger partial charge in [-0.1, -0.05) is 52.0 Å². The van der Waals surface area contributed by atoms with Crippen LogP contribution in [0.2, 0.25) is 0 Å². The van der Waals surface area contributed by atoms with Gasteiger partial charge in [-0.2, -0.15) is 0 Å². The fraction of sp³-hybridized carbons (Fsp3) is 0.725. The quantitative estimate of drug-likeness (QED) is 0.245. The third kappa shape index (κ3) is 9.01. The third-order valence-electron chi connectivity index (χ3n) is 11.3. The molecular formula is C40H62N2O10.